The minimum Gasteiger partial charge on any atom is -0.384 e. The Morgan fingerprint density at radius 2 is 1.72 bits per heavy atom. The van der Waals surface area contributed by atoms with Crippen molar-refractivity contribution in [1.82, 2.24) is 9.80 Å². The number of nitrogens with zero attached hydrogens (tertiary/aromatic N) is 2. The summed E-state index contributed by atoms with van der Waals surface area (Å²) in [5.41, 5.74) is 9.74. The Morgan fingerprint density at radius 1 is 1.03 bits per heavy atom. The number of primary sulfonamides is 1. The van der Waals surface area contributed by atoms with Crippen molar-refractivity contribution in [3.05, 3.63) is 89.5 Å². The highest BCUT2D eigenvalue weighted by Crippen LogP contribution is 2.35. The van der Waals surface area contributed by atoms with E-state index in [1.807, 2.05) is 42.5 Å². The van der Waals surface area contributed by atoms with Crippen LogP contribution in [-0.2, 0) is 21.4 Å². The average Bonchev–Trinajstić information content (AvgIpc) is 3.27. The lowest BCUT2D eigenvalue weighted by Gasteiger charge is -2.22. The Bertz CT molecular complexity index is 1390. The SMILES string of the molecule is CN(C)C(=O)[C@@H]1CN(Cc2ccc(-c3ccccc3S(N)(=O)=O)cc2)C[C@H]1c1cccc(C(=N)N)c1. The van der Waals surface area contributed by atoms with E-state index >= 15 is 0 Å². The number of carbonyl (C=O) groups is 1. The number of rotatable bonds is 7. The third kappa shape index (κ3) is 5.48. The number of nitrogens with one attached hydrogen (secondary N) is 1. The number of carbonyl (C=O) groups excluding carboxylic acids is 1. The van der Waals surface area contributed by atoms with Gasteiger partial charge in [-0.25, -0.2) is 13.6 Å². The van der Waals surface area contributed by atoms with Gasteiger partial charge in [-0.3, -0.25) is 15.1 Å². The van der Waals surface area contributed by atoms with Crippen molar-refractivity contribution in [2.45, 2.75) is 17.4 Å². The summed E-state index contributed by atoms with van der Waals surface area (Å²) < 4.78 is 24.0. The highest BCUT2D eigenvalue weighted by atomic mass is 32.2. The molecule has 0 spiro atoms. The molecule has 3 aromatic rings. The summed E-state index contributed by atoms with van der Waals surface area (Å²) in [6.45, 7) is 1.96. The van der Waals surface area contributed by atoms with Gasteiger partial charge in [0.05, 0.1) is 10.8 Å². The molecule has 2 atom stereocenters. The Kier molecular flexibility index (Phi) is 7.26. The average molecular weight is 506 g/mol. The molecule has 0 bridgehead atoms. The van der Waals surface area contributed by atoms with Gasteiger partial charge in [-0.1, -0.05) is 60.7 Å². The van der Waals surface area contributed by atoms with Crippen LogP contribution in [0.2, 0.25) is 0 Å². The third-order valence-corrected chi connectivity index (χ3v) is 7.61. The highest BCUT2D eigenvalue weighted by molar-refractivity contribution is 7.89. The Labute approximate surface area is 212 Å². The molecule has 36 heavy (non-hydrogen) atoms. The van der Waals surface area contributed by atoms with Crippen molar-refractivity contribution in [3.63, 3.8) is 0 Å². The summed E-state index contributed by atoms with van der Waals surface area (Å²) in [6.07, 6.45) is 0. The van der Waals surface area contributed by atoms with Gasteiger partial charge in [-0.15, -0.1) is 0 Å². The Hall–Kier alpha value is -3.53. The van der Waals surface area contributed by atoms with Crippen LogP contribution in [0.15, 0.2) is 77.7 Å². The van der Waals surface area contributed by atoms with Crippen molar-refractivity contribution in [2.75, 3.05) is 27.2 Å². The van der Waals surface area contributed by atoms with Gasteiger partial charge >= 0.3 is 0 Å². The van der Waals surface area contributed by atoms with Gasteiger partial charge in [0.25, 0.3) is 0 Å². The molecule has 4 rings (SSSR count). The molecule has 0 saturated carbocycles. The maximum absolute atomic E-state index is 13.0. The number of nitrogens with two attached hydrogens (primary N) is 2. The molecule has 1 heterocycles. The monoisotopic (exact) mass is 505 g/mol. The molecule has 1 amide bonds. The second kappa shape index (κ2) is 10.2. The maximum Gasteiger partial charge on any atom is 0.238 e. The van der Waals surface area contributed by atoms with Crippen LogP contribution in [0.3, 0.4) is 0 Å². The maximum atomic E-state index is 13.0. The standard InChI is InChI=1S/C27H31N5O3S/c1-31(2)27(33)24-17-32(16-23(24)20-6-5-7-21(14-20)26(28)29)15-18-10-12-19(13-11-18)22-8-3-4-9-25(22)36(30,34)35/h3-14,23-24H,15-17H2,1-2H3,(H3,28,29)(H2,30,34,35)/t23-,24+/m0/s1. The highest BCUT2D eigenvalue weighted by Gasteiger charge is 2.39. The molecule has 0 unspecified atom stereocenters. The van der Waals surface area contributed by atoms with Crippen LogP contribution < -0.4 is 10.9 Å². The van der Waals surface area contributed by atoms with Gasteiger partial charge < -0.3 is 10.6 Å². The largest absolute Gasteiger partial charge is 0.384 e. The number of hydrogen-bond acceptors (Lipinski definition) is 5. The van der Waals surface area contributed by atoms with Gasteiger partial charge in [-0.05, 0) is 28.8 Å². The van der Waals surface area contributed by atoms with Crippen molar-refractivity contribution in [1.29, 1.82) is 5.41 Å². The number of hydrogen-bond donors (Lipinski definition) is 3. The van der Waals surface area contributed by atoms with Crippen LogP contribution in [-0.4, -0.2) is 57.1 Å². The van der Waals surface area contributed by atoms with Crippen LogP contribution in [0.1, 0.15) is 22.6 Å². The van der Waals surface area contributed by atoms with E-state index in [0.717, 1.165) is 16.7 Å². The fourth-order valence-corrected chi connectivity index (χ4v) is 5.63. The minimum absolute atomic E-state index is 0.00582. The van der Waals surface area contributed by atoms with Crippen LogP contribution in [0, 0.1) is 11.3 Å². The van der Waals surface area contributed by atoms with Gasteiger partial charge in [0.1, 0.15) is 5.84 Å². The lowest BCUT2D eigenvalue weighted by Crippen LogP contribution is -2.33. The van der Waals surface area contributed by atoms with E-state index in [1.165, 1.54) is 6.07 Å². The van der Waals surface area contributed by atoms with E-state index in [2.05, 4.69) is 4.90 Å². The van der Waals surface area contributed by atoms with Gasteiger partial charge in [0.2, 0.25) is 15.9 Å². The third-order valence-electron chi connectivity index (χ3n) is 6.64. The summed E-state index contributed by atoms with van der Waals surface area (Å²) in [6, 6.07) is 22.0. The van der Waals surface area contributed by atoms with Crippen LogP contribution in [0.5, 0.6) is 0 Å². The van der Waals surface area contributed by atoms with Gasteiger partial charge in [0, 0.05) is 50.8 Å². The molecule has 3 aromatic carbocycles. The van der Waals surface area contributed by atoms with Crippen molar-refractivity contribution in [2.24, 2.45) is 16.8 Å². The second-order valence-corrected chi connectivity index (χ2v) is 10.9. The number of likely N-dealkylation sites (tertiary alicyclic amines) is 1. The molecule has 0 radical (unpaired) electrons. The van der Waals surface area contributed by atoms with Gasteiger partial charge in [-0.2, -0.15) is 0 Å². The van der Waals surface area contributed by atoms with Crippen molar-refractivity contribution in [3.8, 4) is 11.1 Å². The van der Waals surface area contributed by atoms with Crippen molar-refractivity contribution < 1.29 is 13.2 Å². The molecule has 0 aromatic heterocycles. The number of sulfonamides is 1. The first kappa shape index (κ1) is 25.6. The number of nitrogen functional groups attached to an aromatic ring is 1. The first-order valence-corrected chi connectivity index (χ1v) is 13.2. The van der Waals surface area contributed by atoms with Crippen molar-refractivity contribution >= 4 is 21.8 Å². The van der Waals surface area contributed by atoms with E-state index in [4.69, 9.17) is 16.3 Å². The van der Waals surface area contributed by atoms with E-state index in [9.17, 15) is 13.2 Å². The molecule has 188 valence electrons. The lowest BCUT2D eigenvalue weighted by molar-refractivity contribution is -0.132. The normalized spacial score (nSPS) is 18.2. The minimum atomic E-state index is -3.84. The molecular weight excluding hydrogens is 474 g/mol. The lowest BCUT2D eigenvalue weighted by atomic mass is 9.87. The van der Waals surface area contributed by atoms with E-state index in [1.54, 1.807) is 43.3 Å². The smallest absolute Gasteiger partial charge is 0.238 e. The predicted octanol–water partition coefficient (Wildman–Crippen LogP) is 2.59. The quantitative estimate of drug-likeness (QED) is 0.335. The molecular formula is C27H31N5O3S. The zero-order valence-corrected chi connectivity index (χ0v) is 21.2. The molecule has 5 N–H and O–H groups in total. The second-order valence-electron chi connectivity index (χ2n) is 9.42. The number of amidine groups is 1. The zero-order valence-electron chi connectivity index (χ0n) is 20.4. The molecule has 8 nitrogen and oxygen atoms in total. The summed E-state index contributed by atoms with van der Waals surface area (Å²) in [7, 11) is -0.298. The number of benzene rings is 3. The number of amides is 1. The Morgan fingerprint density at radius 3 is 2.36 bits per heavy atom. The molecule has 9 heteroatoms. The molecule has 0 aliphatic carbocycles. The Balaban J connectivity index is 1.56. The topological polar surface area (TPSA) is 134 Å². The fourth-order valence-electron chi connectivity index (χ4n) is 4.87. The first-order valence-electron chi connectivity index (χ1n) is 11.6. The van der Waals surface area contributed by atoms with E-state index in [-0.39, 0.29) is 28.5 Å². The van der Waals surface area contributed by atoms with Crippen LogP contribution in [0.25, 0.3) is 11.1 Å². The van der Waals surface area contributed by atoms with E-state index < -0.39 is 10.0 Å². The molecule has 1 aliphatic heterocycles. The predicted molar refractivity (Wildman–Crippen MR) is 141 cm³/mol. The fraction of sp³-hybridized carbons (Fsp3) is 0.259. The summed E-state index contributed by atoms with van der Waals surface area (Å²) in [5.74, 6) is -0.139. The van der Waals surface area contributed by atoms with Crippen LogP contribution in [0.4, 0.5) is 0 Å². The molecule has 1 aliphatic rings. The molecule has 1 fully saturated rings. The summed E-state index contributed by atoms with van der Waals surface area (Å²) >= 11 is 0. The van der Waals surface area contributed by atoms with Gasteiger partial charge in [0.15, 0.2) is 0 Å². The summed E-state index contributed by atoms with van der Waals surface area (Å²) in [5, 5.41) is 13.2. The van der Waals surface area contributed by atoms with Crippen LogP contribution >= 0.6 is 0 Å². The van der Waals surface area contributed by atoms with E-state index in [0.29, 0.717) is 30.8 Å². The first-order chi connectivity index (χ1) is 17.0. The zero-order chi connectivity index (χ0) is 26.0. The summed E-state index contributed by atoms with van der Waals surface area (Å²) in [4.78, 5) is 17.0. The molecule has 1 saturated heterocycles.